The zero-order valence-electron chi connectivity index (χ0n) is 15.5. The van der Waals surface area contributed by atoms with Crippen LogP contribution in [0.2, 0.25) is 10.0 Å². The van der Waals surface area contributed by atoms with E-state index >= 15 is 0 Å². The minimum atomic E-state index is 0.339. The van der Waals surface area contributed by atoms with E-state index in [1.165, 1.54) is 0 Å². The van der Waals surface area contributed by atoms with E-state index < -0.39 is 0 Å². The first-order valence-electron chi connectivity index (χ1n) is 8.45. The highest BCUT2D eigenvalue weighted by molar-refractivity contribution is 6.45. The lowest BCUT2D eigenvalue weighted by Gasteiger charge is -2.17. The summed E-state index contributed by atoms with van der Waals surface area (Å²) < 4.78 is 6.90. The van der Waals surface area contributed by atoms with Gasteiger partial charge in [-0.2, -0.15) is 5.10 Å². The van der Waals surface area contributed by atoms with Crippen molar-refractivity contribution >= 4 is 28.9 Å². The molecule has 0 atom stereocenters. The summed E-state index contributed by atoms with van der Waals surface area (Å²) >= 11 is 12.7. The standard InChI is InChI=1S/C18H24Cl2N4O2/c1-5-24(6-2)9-10-26-22-18(13-11-21-23(3)12-13)14-7-8-15(25-4)17(20)16(14)19/h7-8,11-12H,5-6,9-10H2,1-4H3/b22-18-. The van der Waals surface area contributed by atoms with E-state index in [0.29, 0.717) is 33.7 Å². The van der Waals surface area contributed by atoms with Crippen molar-refractivity contribution in [2.45, 2.75) is 13.8 Å². The van der Waals surface area contributed by atoms with E-state index in [-0.39, 0.29) is 0 Å². The number of likely N-dealkylation sites (N-methyl/N-ethyl adjacent to an activating group) is 1. The molecular weight excluding hydrogens is 375 g/mol. The fourth-order valence-corrected chi connectivity index (χ4v) is 2.98. The maximum absolute atomic E-state index is 6.45. The van der Waals surface area contributed by atoms with Crippen LogP contribution in [0.1, 0.15) is 25.0 Å². The third-order valence-corrected chi connectivity index (χ3v) is 4.91. The van der Waals surface area contributed by atoms with E-state index in [1.54, 1.807) is 24.1 Å². The minimum Gasteiger partial charge on any atom is -0.495 e. The molecule has 26 heavy (non-hydrogen) atoms. The van der Waals surface area contributed by atoms with Gasteiger partial charge in [-0.05, 0) is 25.2 Å². The van der Waals surface area contributed by atoms with E-state index in [2.05, 4.69) is 29.0 Å². The van der Waals surface area contributed by atoms with Gasteiger partial charge in [0.15, 0.2) is 0 Å². The molecule has 0 unspecified atom stereocenters. The lowest BCUT2D eigenvalue weighted by molar-refractivity contribution is 0.114. The molecule has 0 aliphatic heterocycles. The number of benzene rings is 1. The molecule has 2 aromatic rings. The zero-order valence-corrected chi connectivity index (χ0v) is 17.0. The minimum absolute atomic E-state index is 0.339. The Hall–Kier alpha value is -1.76. The molecule has 0 amide bonds. The summed E-state index contributed by atoms with van der Waals surface area (Å²) in [5, 5.41) is 9.23. The van der Waals surface area contributed by atoms with Gasteiger partial charge in [-0.3, -0.25) is 4.68 Å². The molecule has 6 nitrogen and oxygen atoms in total. The molecule has 0 radical (unpaired) electrons. The van der Waals surface area contributed by atoms with Crippen molar-refractivity contribution < 1.29 is 9.57 Å². The number of rotatable bonds is 9. The van der Waals surface area contributed by atoms with Crippen LogP contribution in [-0.4, -0.2) is 53.7 Å². The molecule has 142 valence electrons. The smallest absolute Gasteiger partial charge is 0.139 e. The molecule has 2 rings (SSSR count). The van der Waals surface area contributed by atoms with Crippen molar-refractivity contribution in [2.75, 3.05) is 33.4 Å². The Morgan fingerprint density at radius 2 is 1.96 bits per heavy atom. The van der Waals surface area contributed by atoms with Crippen LogP contribution >= 0.6 is 23.2 Å². The van der Waals surface area contributed by atoms with Crippen molar-refractivity contribution in [1.82, 2.24) is 14.7 Å². The Bertz CT molecular complexity index is 758. The van der Waals surface area contributed by atoms with Gasteiger partial charge in [-0.15, -0.1) is 0 Å². The Balaban J connectivity index is 2.31. The lowest BCUT2D eigenvalue weighted by Crippen LogP contribution is -2.26. The van der Waals surface area contributed by atoms with E-state index in [0.717, 1.165) is 25.2 Å². The third kappa shape index (κ3) is 4.90. The number of halogens is 2. The molecule has 0 spiro atoms. The molecule has 0 N–H and O–H groups in total. The van der Waals surface area contributed by atoms with Crippen LogP contribution in [0.5, 0.6) is 5.75 Å². The van der Waals surface area contributed by atoms with E-state index in [4.69, 9.17) is 32.8 Å². The zero-order chi connectivity index (χ0) is 19.1. The molecule has 0 aliphatic carbocycles. The fraction of sp³-hybridized carbons (Fsp3) is 0.444. The van der Waals surface area contributed by atoms with Gasteiger partial charge in [0.1, 0.15) is 23.1 Å². The molecule has 1 heterocycles. The van der Waals surface area contributed by atoms with Crippen molar-refractivity contribution in [3.05, 3.63) is 45.7 Å². The molecule has 0 fully saturated rings. The van der Waals surface area contributed by atoms with Crippen LogP contribution in [0.4, 0.5) is 0 Å². The van der Waals surface area contributed by atoms with Gasteiger partial charge < -0.3 is 14.5 Å². The lowest BCUT2D eigenvalue weighted by atomic mass is 10.1. The Labute approximate surface area is 164 Å². The molecule has 0 saturated carbocycles. The number of oxime groups is 1. The molecule has 1 aromatic heterocycles. The summed E-state index contributed by atoms with van der Waals surface area (Å²) in [5.41, 5.74) is 2.03. The van der Waals surface area contributed by atoms with Crippen molar-refractivity contribution in [3.63, 3.8) is 0 Å². The highest BCUT2D eigenvalue weighted by atomic mass is 35.5. The number of nitrogens with zero attached hydrogens (tertiary/aromatic N) is 4. The van der Waals surface area contributed by atoms with Gasteiger partial charge in [0, 0.05) is 30.9 Å². The first-order valence-corrected chi connectivity index (χ1v) is 9.21. The largest absolute Gasteiger partial charge is 0.495 e. The summed E-state index contributed by atoms with van der Waals surface area (Å²) in [7, 11) is 3.38. The quantitative estimate of drug-likeness (QED) is 0.365. The summed E-state index contributed by atoms with van der Waals surface area (Å²) in [6.45, 7) is 7.46. The van der Waals surface area contributed by atoms with Gasteiger partial charge in [0.05, 0.1) is 18.3 Å². The third-order valence-electron chi connectivity index (χ3n) is 4.05. The van der Waals surface area contributed by atoms with Gasteiger partial charge >= 0.3 is 0 Å². The number of aryl methyl sites for hydroxylation is 1. The monoisotopic (exact) mass is 398 g/mol. The van der Waals surface area contributed by atoms with Crippen LogP contribution in [0.25, 0.3) is 0 Å². The number of aromatic nitrogens is 2. The molecular formula is C18H24Cl2N4O2. The maximum Gasteiger partial charge on any atom is 0.139 e. The van der Waals surface area contributed by atoms with Crippen LogP contribution in [0.3, 0.4) is 0 Å². The van der Waals surface area contributed by atoms with Gasteiger partial charge in [-0.1, -0.05) is 42.2 Å². The van der Waals surface area contributed by atoms with Crippen LogP contribution < -0.4 is 4.74 Å². The Morgan fingerprint density at radius 3 is 2.54 bits per heavy atom. The summed E-state index contributed by atoms with van der Waals surface area (Å²) in [6.07, 6.45) is 3.56. The number of methoxy groups -OCH3 is 1. The normalized spacial score (nSPS) is 11.9. The Kier molecular flexibility index (Phi) is 7.75. The second-order valence-electron chi connectivity index (χ2n) is 5.65. The number of hydrogen-bond acceptors (Lipinski definition) is 5. The Morgan fingerprint density at radius 1 is 1.23 bits per heavy atom. The predicted octanol–water partition coefficient (Wildman–Crippen LogP) is 3.85. The van der Waals surface area contributed by atoms with Crippen LogP contribution in [0.15, 0.2) is 29.7 Å². The van der Waals surface area contributed by atoms with Crippen LogP contribution in [-0.2, 0) is 11.9 Å². The summed E-state index contributed by atoms with van der Waals surface area (Å²) in [5.74, 6) is 0.508. The predicted molar refractivity (Wildman–Crippen MR) is 106 cm³/mol. The fourth-order valence-electron chi connectivity index (χ4n) is 2.49. The van der Waals surface area contributed by atoms with E-state index in [9.17, 15) is 0 Å². The van der Waals surface area contributed by atoms with Gasteiger partial charge in [0.25, 0.3) is 0 Å². The highest BCUT2D eigenvalue weighted by Crippen LogP contribution is 2.35. The van der Waals surface area contributed by atoms with Crippen molar-refractivity contribution in [2.24, 2.45) is 12.2 Å². The SMILES string of the molecule is CCN(CC)CCO/N=C(/c1cnn(C)c1)c1ccc(OC)c(Cl)c1Cl. The number of ether oxygens (including phenoxy) is 1. The van der Waals surface area contributed by atoms with Gasteiger partial charge in [-0.25, -0.2) is 0 Å². The van der Waals surface area contributed by atoms with Crippen molar-refractivity contribution in [3.8, 4) is 5.75 Å². The maximum atomic E-state index is 6.45. The van der Waals surface area contributed by atoms with Crippen LogP contribution in [0, 0.1) is 0 Å². The molecule has 1 aromatic carbocycles. The molecule has 0 saturated heterocycles. The highest BCUT2D eigenvalue weighted by Gasteiger charge is 2.18. The summed E-state index contributed by atoms with van der Waals surface area (Å²) in [6, 6.07) is 3.57. The topological polar surface area (TPSA) is 51.9 Å². The first kappa shape index (κ1) is 20.6. The average molecular weight is 399 g/mol. The second-order valence-corrected chi connectivity index (χ2v) is 6.40. The van der Waals surface area contributed by atoms with Gasteiger partial charge in [0.2, 0.25) is 0 Å². The molecule has 8 heteroatoms. The van der Waals surface area contributed by atoms with Crippen molar-refractivity contribution in [1.29, 1.82) is 0 Å². The molecule has 0 bridgehead atoms. The summed E-state index contributed by atoms with van der Waals surface area (Å²) in [4.78, 5) is 7.84. The number of hydrogen-bond donors (Lipinski definition) is 0. The molecule has 0 aliphatic rings. The second kappa shape index (κ2) is 9.80. The average Bonchev–Trinajstić information content (AvgIpc) is 3.07. The van der Waals surface area contributed by atoms with E-state index in [1.807, 2.05) is 19.3 Å². The first-order chi connectivity index (χ1) is 12.5.